The molecule has 27 heavy (non-hydrogen) atoms. The number of halogens is 3. The van der Waals surface area contributed by atoms with E-state index in [0.29, 0.717) is 30.1 Å². The molecule has 2 aromatic rings. The average molecular weight is 402 g/mol. The second-order valence-corrected chi connectivity index (χ2v) is 7.44. The second kappa shape index (κ2) is 8.01. The van der Waals surface area contributed by atoms with E-state index >= 15 is 0 Å². The molecule has 3 unspecified atom stereocenters. The zero-order valence-corrected chi connectivity index (χ0v) is 15.2. The van der Waals surface area contributed by atoms with Crippen molar-refractivity contribution in [3.63, 3.8) is 0 Å². The summed E-state index contributed by atoms with van der Waals surface area (Å²) in [5.41, 5.74) is 6.10. The lowest BCUT2D eigenvalue weighted by Gasteiger charge is -2.38. The van der Waals surface area contributed by atoms with Crippen molar-refractivity contribution in [2.45, 2.75) is 30.8 Å². The third-order valence-electron chi connectivity index (χ3n) is 4.61. The van der Waals surface area contributed by atoms with E-state index in [-0.39, 0.29) is 24.5 Å². The first-order chi connectivity index (χ1) is 12.7. The van der Waals surface area contributed by atoms with Gasteiger partial charge in [0.05, 0.1) is 16.7 Å². The molecule has 0 amide bonds. The Morgan fingerprint density at radius 2 is 2.19 bits per heavy atom. The Balaban J connectivity index is 1.53. The van der Waals surface area contributed by atoms with Gasteiger partial charge in [-0.05, 0) is 24.1 Å². The number of aromatic nitrogens is 1. The van der Waals surface area contributed by atoms with Crippen LogP contribution in [0.5, 0.6) is 5.88 Å². The summed E-state index contributed by atoms with van der Waals surface area (Å²) in [7, 11) is 0. The van der Waals surface area contributed by atoms with Gasteiger partial charge >= 0.3 is 6.18 Å². The Bertz CT molecular complexity index is 771. The summed E-state index contributed by atoms with van der Waals surface area (Å²) >= 11 is 1.06. The van der Waals surface area contributed by atoms with Crippen LogP contribution in [0.3, 0.4) is 0 Å². The number of hydrogen-bond donors (Lipinski definition) is 4. The van der Waals surface area contributed by atoms with Gasteiger partial charge in [-0.15, -0.1) is 11.3 Å². The molecular formula is C17H21F3N4O2S. The van der Waals surface area contributed by atoms with Crippen LogP contribution in [-0.2, 0) is 6.18 Å². The van der Waals surface area contributed by atoms with Gasteiger partial charge in [-0.1, -0.05) is 0 Å². The van der Waals surface area contributed by atoms with Crippen molar-refractivity contribution in [3.05, 3.63) is 40.9 Å². The van der Waals surface area contributed by atoms with E-state index in [9.17, 15) is 23.4 Å². The Morgan fingerprint density at radius 3 is 2.81 bits per heavy atom. The van der Waals surface area contributed by atoms with E-state index < -0.39 is 17.8 Å². The standard InChI is InChI=1S/C17H21F3N4O2S/c18-17(19,20)11-6-16(27-9-11)24-4-2-13(12(21)8-24)23-7-14(25)10-1-3-22-15(26)5-10/h1,3,5-6,9,12-14,23,25H,2,4,7-8,21H2,(H,22,26). The fourth-order valence-corrected chi connectivity index (χ4v) is 4.06. The summed E-state index contributed by atoms with van der Waals surface area (Å²) in [5.74, 6) is -0.161. The molecule has 1 fully saturated rings. The van der Waals surface area contributed by atoms with E-state index in [2.05, 4.69) is 10.3 Å². The van der Waals surface area contributed by atoms with Crippen LogP contribution >= 0.6 is 11.3 Å². The highest BCUT2D eigenvalue weighted by molar-refractivity contribution is 7.14. The first-order valence-corrected chi connectivity index (χ1v) is 9.34. The largest absolute Gasteiger partial charge is 0.493 e. The smallest absolute Gasteiger partial charge is 0.417 e. The molecule has 10 heteroatoms. The predicted molar refractivity (Wildman–Crippen MR) is 96.8 cm³/mol. The minimum Gasteiger partial charge on any atom is -0.493 e. The van der Waals surface area contributed by atoms with Gasteiger partial charge < -0.3 is 26.2 Å². The first kappa shape index (κ1) is 19.9. The quantitative estimate of drug-likeness (QED) is 0.612. The van der Waals surface area contributed by atoms with Gasteiger partial charge in [-0.3, -0.25) is 0 Å². The number of nitrogens with two attached hydrogens (primary N) is 1. The average Bonchev–Trinajstić information content (AvgIpc) is 3.11. The van der Waals surface area contributed by atoms with Crippen molar-refractivity contribution in [1.82, 2.24) is 10.3 Å². The maximum atomic E-state index is 12.8. The van der Waals surface area contributed by atoms with E-state index in [1.165, 1.54) is 12.3 Å². The van der Waals surface area contributed by atoms with Crippen molar-refractivity contribution >= 4 is 16.3 Å². The molecule has 2 aromatic heterocycles. The third-order valence-corrected chi connectivity index (χ3v) is 5.60. The molecule has 1 aliphatic rings. The summed E-state index contributed by atoms with van der Waals surface area (Å²) in [5, 5.41) is 24.5. The van der Waals surface area contributed by atoms with Gasteiger partial charge in [0.25, 0.3) is 0 Å². The molecule has 0 saturated carbocycles. The molecule has 6 nitrogen and oxygen atoms in total. The van der Waals surface area contributed by atoms with Crippen molar-refractivity contribution < 1.29 is 23.4 Å². The minimum absolute atomic E-state index is 0.0617. The van der Waals surface area contributed by atoms with Crippen molar-refractivity contribution in [3.8, 4) is 5.88 Å². The van der Waals surface area contributed by atoms with Crippen molar-refractivity contribution in [2.24, 2.45) is 5.73 Å². The number of rotatable bonds is 5. The summed E-state index contributed by atoms with van der Waals surface area (Å²) in [6.07, 6.45) is -3.10. The molecule has 0 radical (unpaired) electrons. The number of anilines is 1. The lowest BCUT2D eigenvalue weighted by atomic mass is 9.99. The molecule has 1 aliphatic heterocycles. The van der Waals surface area contributed by atoms with E-state index in [1.54, 1.807) is 6.07 Å². The highest BCUT2D eigenvalue weighted by Crippen LogP contribution is 2.36. The monoisotopic (exact) mass is 402 g/mol. The summed E-state index contributed by atoms with van der Waals surface area (Å²) < 4.78 is 38.3. The predicted octanol–water partition coefficient (Wildman–Crippen LogP) is 2.10. The topological polar surface area (TPSA) is 94.6 Å². The molecule has 3 heterocycles. The number of aliphatic hydroxyl groups is 1. The van der Waals surface area contributed by atoms with Crippen molar-refractivity contribution in [2.75, 3.05) is 24.5 Å². The van der Waals surface area contributed by atoms with Gasteiger partial charge in [0, 0.05) is 49.4 Å². The number of piperidine rings is 1. The zero-order valence-electron chi connectivity index (χ0n) is 14.4. The summed E-state index contributed by atoms with van der Waals surface area (Å²) in [4.78, 5) is 5.53. The molecule has 0 bridgehead atoms. The van der Waals surface area contributed by atoms with E-state index in [0.717, 1.165) is 22.8 Å². The molecule has 148 valence electrons. The van der Waals surface area contributed by atoms with Crippen LogP contribution in [0, 0.1) is 0 Å². The number of pyridine rings is 1. The highest BCUT2D eigenvalue weighted by Gasteiger charge is 2.33. The number of hydrogen-bond acceptors (Lipinski definition) is 7. The highest BCUT2D eigenvalue weighted by atomic mass is 32.1. The van der Waals surface area contributed by atoms with Crippen LogP contribution in [0.1, 0.15) is 23.7 Å². The Labute approximate surface area is 158 Å². The van der Waals surface area contributed by atoms with Gasteiger partial charge in [0.15, 0.2) is 0 Å². The van der Waals surface area contributed by atoms with Crippen LogP contribution in [0.2, 0.25) is 0 Å². The lowest BCUT2D eigenvalue weighted by molar-refractivity contribution is -0.137. The number of thiophene rings is 1. The molecule has 3 rings (SSSR count). The SMILES string of the molecule is NC1CN(c2cc(C(F)(F)F)cs2)CCC1NCC(O)c1ccnc(O)c1. The molecule has 3 atom stereocenters. The number of aliphatic hydroxyl groups excluding tert-OH is 1. The zero-order chi connectivity index (χ0) is 19.6. The van der Waals surface area contributed by atoms with Gasteiger partial charge in [-0.25, -0.2) is 4.98 Å². The second-order valence-electron chi connectivity index (χ2n) is 6.55. The van der Waals surface area contributed by atoms with Crippen LogP contribution < -0.4 is 16.0 Å². The van der Waals surface area contributed by atoms with Crippen LogP contribution in [0.4, 0.5) is 18.2 Å². The number of alkyl halides is 3. The maximum absolute atomic E-state index is 12.8. The molecule has 1 saturated heterocycles. The lowest BCUT2D eigenvalue weighted by Crippen LogP contribution is -2.57. The first-order valence-electron chi connectivity index (χ1n) is 8.46. The fraction of sp³-hybridized carbons (Fsp3) is 0.471. The van der Waals surface area contributed by atoms with E-state index in [1.807, 2.05) is 4.90 Å². The molecule has 0 aliphatic carbocycles. The van der Waals surface area contributed by atoms with Crippen molar-refractivity contribution in [1.29, 1.82) is 0 Å². The number of aromatic hydroxyl groups is 1. The third kappa shape index (κ3) is 4.89. The van der Waals surface area contributed by atoms with Gasteiger partial charge in [-0.2, -0.15) is 13.2 Å². The molecule has 5 N–H and O–H groups in total. The Morgan fingerprint density at radius 1 is 1.41 bits per heavy atom. The van der Waals surface area contributed by atoms with Crippen LogP contribution in [-0.4, -0.2) is 46.9 Å². The summed E-state index contributed by atoms with van der Waals surface area (Å²) in [6.45, 7) is 1.26. The number of nitrogens with zero attached hydrogens (tertiary/aromatic N) is 2. The Hall–Kier alpha value is -1.88. The molecular weight excluding hydrogens is 381 g/mol. The number of nitrogens with one attached hydrogen (secondary N) is 1. The van der Waals surface area contributed by atoms with Gasteiger partial charge in [0.2, 0.25) is 5.88 Å². The Kier molecular flexibility index (Phi) is 5.89. The molecule has 0 aromatic carbocycles. The minimum atomic E-state index is -4.34. The normalized spacial score (nSPS) is 22.0. The maximum Gasteiger partial charge on any atom is 0.417 e. The van der Waals surface area contributed by atoms with Gasteiger partial charge in [0.1, 0.15) is 0 Å². The van der Waals surface area contributed by atoms with Crippen LogP contribution in [0.15, 0.2) is 29.8 Å². The molecule has 0 spiro atoms. The summed E-state index contributed by atoms with van der Waals surface area (Å²) in [6, 6.07) is 3.82. The van der Waals surface area contributed by atoms with E-state index in [4.69, 9.17) is 5.73 Å². The fourth-order valence-electron chi connectivity index (χ4n) is 3.10. The van der Waals surface area contributed by atoms with Crippen LogP contribution in [0.25, 0.3) is 0 Å².